The predicted molar refractivity (Wildman–Crippen MR) is 45.1 cm³/mol. The van der Waals surface area contributed by atoms with Crippen molar-refractivity contribution in [2.75, 3.05) is 0 Å². The number of hydrogen-bond acceptors (Lipinski definition) is 2. The van der Waals surface area contributed by atoms with Crippen LogP contribution in [-0.2, 0) is 9.59 Å². The monoisotopic (exact) mass is 227 g/mol. The highest BCUT2D eigenvalue weighted by atomic mass is 19.4. The topological polar surface area (TPSA) is 66.4 Å². The van der Waals surface area contributed by atoms with Gasteiger partial charge < -0.3 is 10.4 Å². The molecule has 15 heavy (non-hydrogen) atoms. The first-order chi connectivity index (χ1) is 6.72. The molecule has 0 rings (SSSR count). The van der Waals surface area contributed by atoms with E-state index in [4.69, 9.17) is 5.11 Å². The van der Waals surface area contributed by atoms with E-state index >= 15 is 0 Å². The third kappa shape index (κ3) is 7.77. The normalized spacial score (nSPS) is 13.3. The molecule has 0 aliphatic carbocycles. The van der Waals surface area contributed by atoms with Crippen molar-refractivity contribution in [3.05, 3.63) is 0 Å². The maximum atomic E-state index is 11.7. The maximum absolute atomic E-state index is 11.7. The van der Waals surface area contributed by atoms with Crippen molar-refractivity contribution in [3.8, 4) is 0 Å². The van der Waals surface area contributed by atoms with Gasteiger partial charge in [0.1, 0.15) is 6.04 Å². The number of amides is 1. The van der Waals surface area contributed by atoms with Gasteiger partial charge >= 0.3 is 12.1 Å². The van der Waals surface area contributed by atoms with E-state index in [0.29, 0.717) is 0 Å². The van der Waals surface area contributed by atoms with Gasteiger partial charge in [-0.05, 0) is 12.8 Å². The van der Waals surface area contributed by atoms with Crippen LogP contribution in [0.5, 0.6) is 0 Å². The molecule has 0 heterocycles. The average molecular weight is 227 g/mol. The Morgan fingerprint density at radius 2 is 1.93 bits per heavy atom. The quantitative estimate of drug-likeness (QED) is 0.744. The highest BCUT2D eigenvalue weighted by Crippen LogP contribution is 2.22. The number of hydrogen-bond donors (Lipinski definition) is 2. The summed E-state index contributed by atoms with van der Waals surface area (Å²) in [6, 6.07) is -1.25. The second-order valence-electron chi connectivity index (χ2n) is 3.10. The van der Waals surface area contributed by atoms with E-state index in [-0.39, 0.29) is 12.8 Å². The molecular weight excluding hydrogens is 215 g/mol. The molecule has 0 aromatic heterocycles. The van der Waals surface area contributed by atoms with Crippen LogP contribution >= 0.6 is 0 Å². The van der Waals surface area contributed by atoms with Gasteiger partial charge in [-0.25, -0.2) is 4.79 Å². The maximum Gasteiger partial charge on any atom is 0.389 e. The highest BCUT2D eigenvalue weighted by molar-refractivity contribution is 5.81. The van der Waals surface area contributed by atoms with Crippen LogP contribution < -0.4 is 5.32 Å². The number of nitrogens with one attached hydrogen (secondary N) is 1. The zero-order valence-corrected chi connectivity index (χ0v) is 8.10. The number of carbonyl (C=O) groups excluding carboxylic acids is 1. The molecule has 7 heteroatoms. The molecule has 0 aliphatic heterocycles. The minimum absolute atomic E-state index is 0.228. The molecule has 0 saturated carbocycles. The van der Waals surface area contributed by atoms with Crippen LogP contribution in [0.2, 0.25) is 0 Å². The number of carboxylic acids is 1. The van der Waals surface area contributed by atoms with Gasteiger partial charge in [-0.15, -0.1) is 0 Å². The Hall–Kier alpha value is -1.27. The van der Waals surface area contributed by atoms with E-state index in [1.54, 1.807) is 0 Å². The number of rotatable bonds is 5. The summed E-state index contributed by atoms with van der Waals surface area (Å²) in [5.41, 5.74) is 0. The van der Waals surface area contributed by atoms with E-state index in [1.165, 1.54) is 0 Å². The zero-order chi connectivity index (χ0) is 12.1. The molecule has 0 radical (unpaired) electrons. The highest BCUT2D eigenvalue weighted by Gasteiger charge is 2.28. The summed E-state index contributed by atoms with van der Waals surface area (Å²) in [6.07, 6.45) is -5.88. The summed E-state index contributed by atoms with van der Waals surface area (Å²) in [5, 5.41) is 10.6. The second kappa shape index (κ2) is 5.57. The summed E-state index contributed by atoms with van der Waals surface area (Å²) < 4.78 is 35.2. The van der Waals surface area contributed by atoms with Crippen molar-refractivity contribution in [1.29, 1.82) is 0 Å². The summed E-state index contributed by atoms with van der Waals surface area (Å²) in [7, 11) is 0. The fourth-order valence-corrected chi connectivity index (χ4v) is 1.01. The van der Waals surface area contributed by atoms with Gasteiger partial charge in [-0.2, -0.15) is 13.2 Å². The third-order valence-corrected chi connectivity index (χ3v) is 1.63. The Morgan fingerprint density at radius 1 is 1.40 bits per heavy atom. The van der Waals surface area contributed by atoms with Crippen LogP contribution in [0, 0.1) is 0 Å². The zero-order valence-electron chi connectivity index (χ0n) is 8.10. The molecule has 0 unspecified atom stereocenters. The summed E-state index contributed by atoms with van der Waals surface area (Å²) >= 11 is 0. The van der Waals surface area contributed by atoms with Gasteiger partial charge in [0.15, 0.2) is 0 Å². The molecule has 0 fully saturated rings. The predicted octanol–water partition coefficient (Wildman–Crippen LogP) is 1.31. The SMILES string of the molecule is CC(=O)N[C@@H](CCCC(F)(F)F)C(=O)O. The van der Waals surface area contributed by atoms with Gasteiger partial charge in [0, 0.05) is 13.3 Å². The van der Waals surface area contributed by atoms with E-state index in [9.17, 15) is 22.8 Å². The molecule has 1 amide bonds. The first kappa shape index (κ1) is 13.7. The van der Waals surface area contributed by atoms with E-state index in [1.807, 2.05) is 0 Å². The Labute approximate surface area is 84.5 Å². The first-order valence-corrected chi connectivity index (χ1v) is 4.29. The van der Waals surface area contributed by atoms with Crippen molar-refractivity contribution < 1.29 is 27.9 Å². The Morgan fingerprint density at radius 3 is 2.27 bits per heavy atom. The Bertz CT molecular complexity index is 240. The van der Waals surface area contributed by atoms with Crippen LogP contribution in [-0.4, -0.2) is 29.2 Å². The van der Waals surface area contributed by atoms with Gasteiger partial charge in [0.05, 0.1) is 0 Å². The smallest absolute Gasteiger partial charge is 0.389 e. The second-order valence-corrected chi connectivity index (χ2v) is 3.10. The summed E-state index contributed by atoms with van der Waals surface area (Å²) in [5.74, 6) is -1.90. The van der Waals surface area contributed by atoms with Crippen LogP contribution in [0.1, 0.15) is 26.2 Å². The van der Waals surface area contributed by atoms with Crippen molar-refractivity contribution in [2.45, 2.75) is 38.4 Å². The van der Waals surface area contributed by atoms with Gasteiger partial charge in [0.25, 0.3) is 0 Å². The molecule has 0 aliphatic rings. The minimum atomic E-state index is -4.29. The number of carbonyl (C=O) groups is 2. The third-order valence-electron chi connectivity index (χ3n) is 1.63. The summed E-state index contributed by atoms with van der Waals surface area (Å²) in [6.45, 7) is 1.11. The molecule has 1 atom stereocenters. The lowest BCUT2D eigenvalue weighted by Crippen LogP contribution is -2.39. The van der Waals surface area contributed by atoms with Crippen LogP contribution in [0.25, 0.3) is 0 Å². The molecule has 0 spiro atoms. The fraction of sp³-hybridized carbons (Fsp3) is 0.750. The van der Waals surface area contributed by atoms with Crippen LogP contribution in [0.4, 0.5) is 13.2 Å². The van der Waals surface area contributed by atoms with Gasteiger partial charge in [-0.3, -0.25) is 4.79 Å². The molecule has 4 nitrogen and oxygen atoms in total. The largest absolute Gasteiger partial charge is 0.480 e. The number of aliphatic carboxylic acids is 1. The molecule has 0 aromatic rings. The molecule has 0 bridgehead atoms. The Kier molecular flexibility index (Phi) is 5.10. The fourth-order valence-electron chi connectivity index (χ4n) is 1.01. The summed E-state index contributed by atoms with van der Waals surface area (Å²) in [4.78, 5) is 21.0. The van der Waals surface area contributed by atoms with Crippen molar-refractivity contribution in [1.82, 2.24) is 5.32 Å². The number of carboxylic acid groups (broad SMARTS) is 1. The van der Waals surface area contributed by atoms with Gasteiger partial charge in [-0.1, -0.05) is 0 Å². The van der Waals surface area contributed by atoms with Crippen molar-refractivity contribution in [2.24, 2.45) is 0 Å². The lowest BCUT2D eigenvalue weighted by atomic mass is 10.1. The van der Waals surface area contributed by atoms with E-state index in [2.05, 4.69) is 5.32 Å². The van der Waals surface area contributed by atoms with Crippen LogP contribution in [0.3, 0.4) is 0 Å². The Balaban J connectivity index is 3.98. The number of halogens is 3. The molecular formula is C8H12F3NO3. The average Bonchev–Trinajstić information content (AvgIpc) is 1.99. The molecule has 2 N–H and O–H groups in total. The molecule has 0 aromatic carbocycles. The lowest BCUT2D eigenvalue weighted by Gasteiger charge is -2.13. The van der Waals surface area contributed by atoms with Crippen molar-refractivity contribution in [3.63, 3.8) is 0 Å². The number of alkyl halides is 3. The van der Waals surface area contributed by atoms with Gasteiger partial charge in [0.2, 0.25) is 5.91 Å². The molecule has 88 valence electrons. The van der Waals surface area contributed by atoms with Crippen molar-refractivity contribution >= 4 is 11.9 Å². The van der Waals surface area contributed by atoms with Crippen LogP contribution in [0.15, 0.2) is 0 Å². The minimum Gasteiger partial charge on any atom is -0.480 e. The lowest BCUT2D eigenvalue weighted by molar-refractivity contribution is -0.144. The molecule has 0 saturated heterocycles. The standard InChI is InChI=1S/C8H12F3NO3/c1-5(13)12-6(7(14)15)3-2-4-8(9,10)11/h6H,2-4H2,1H3,(H,12,13)(H,14,15)/t6-/m0/s1. The van der Waals surface area contributed by atoms with E-state index in [0.717, 1.165) is 6.92 Å². The van der Waals surface area contributed by atoms with E-state index < -0.39 is 30.5 Å². The first-order valence-electron chi connectivity index (χ1n) is 4.29.